The summed E-state index contributed by atoms with van der Waals surface area (Å²) in [5, 5.41) is -0.223. The molecule has 0 radical (unpaired) electrons. The molecule has 1 amide bonds. The lowest BCUT2D eigenvalue weighted by Crippen LogP contribution is -2.45. The predicted octanol–water partition coefficient (Wildman–Crippen LogP) is 5.53. The van der Waals surface area contributed by atoms with E-state index in [1.807, 2.05) is 12.1 Å². The lowest BCUT2D eigenvalue weighted by atomic mass is 10.0. The quantitative estimate of drug-likeness (QED) is 0.455. The van der Waals surface area contributed by atoms with Crippen molar-refractivity contribution in [3.63, 3.8) is 0 Å². The van der Waals surface area contributed by atoms with Gasteiger partial charge in [0.15, 0.2) is 0 Å². The number of carbonyl (C=O) groups is 1. The monoisotopic (exact) mass is 508 g/mol. The highest BCUT2D eigenvalue weighted by Gasteiger charge is 2.35. The smallest absolute Gasteiger partial charge is 0.311 e. The Labute approximate surface area is 200 Å². The number of alkyl halides is 3. The van der Waals surface area contributed by atoms with Crippen molar-refractivity contribution in [1.29, 1.82) is 0 Å². The van der Waals surface area contributed by atoms with E-state index in [0.29, 0.717) is 29.0 Å². The number of halogens is 4. The number of fused-ring (bicyclic) bond motifs is 1. The molecule has 5 nitrogen and oxygen atoms in total. The molecule has 0 saturated heterocycles. The molecular formula is C24H20ClF3N2O3S. The lowest BCUT2D eigenvalue weighted by Gasteiger charge is -2.32. The van der Waals surface area contributed by atoms with Crippen molar-refractivity contribution < 1.29 is 26.4 Å². The first-order valence-electron chi connectivity index (χ1n) is 10.4. The molecule has 1 heterocycles. The number of hydrogen-bond donors (Lipinski definition) is 0. The van der Waals surface area contributed by atoms with Gasteiger partial charge < -0.3 is 4.90 Å². The summed E-state index contributed by atoms with van der Waals surface area (Å²) >= 11 is 6.19. The van der Waals surface area contributed by atoms with Crippen molar-refractivity contribution in [2.75, 3.05) is 22.3 Å². The molecule has 0 aromatic heterocycles. The zero-order valence-electron chi connectivity index (χ0n) is 17.8. The minimum absolute atomic E-state index is 0.171. The standard InChI is InChI=1S/C24H20ClF3N2O3S/c25-20-13-12-18(24(26,27)28)15-22(20)30(34(32,33)19-9-2-1-3-10-19)16-23(31)29-14-6-8-17-7-4-5-11-21(17)29/h1-5,7,9-13,15H,6,8,14,16H2. The molecule has 34 heavy (non-hydrogen) atoms. The molecule has 10 heteroatoms. The van der Waals surface area contributed by atoms with Crippen LogP contribution < -0.4 is 9.21 Å². The van der Waals surface area contributed by atoms with Gasteiger partial charge in [0.1, 0.15) is 6.54 Å². The summed E-state index contributed by atoms with van der Waals surface area (Å²) in [6.45, 7) is -0.349. The van der Waals surface area contributed by atoms with Crippen molar-refractivity contribution in [3.05, 3.63) is 88.9 Å². The van der Waals surface area contributed by atoms with Crippen LogP contribution in [0.25, 0.3) is 0 Å². The normalized spacial score (nSPS) is 13.9. The van der Waals surface area contributed by atoms with E-state index in [1.165, 1.54) is 29.2 Å². The zero-order valence-corrected chi connectivity index (χ0v) is 19.4. The molecule has 0 aliphatic carbocycles. The van der Waals surface area contributed by atoms with E-state index >= 15 is 0 Å². The number of rotatable bonds is 5. The maximum absolute atomic E-state index is 13.5. The summed E-state index contributed by atoms with van der Waals surface area (Å²) in [5.41, 5.74) is 0.109. The number of amides is 1. The number of anilines is 2. The maximum Gasteiger partial charge on any atom is 0.416 e. The van der Waals surface area contributed by atoms with Crippen LogP contribution in [0.2, 0.25) is 5.02 Å². The lowest BCUT2D eigenvalue weighted by molar-refractivity contribution is -0.137. The van der Waals surface area contributed by atoms with E-state index in [1.54, 1.807) is 18.2 Å². The Kier molecular flexibility index (Phi) is 6.60. The van der Waals surface area contributed by atoms with Crippen LogP contribution in [0.3, 0.4) is 0 Å². The Morgan fingerprint density at radius 1 is 1.00 bits per heavy atom. The average Bonchev–Trinajstić information content (AvgIpc) is 2.82. The largest absolute Gasteiger partial charge is 0.416 e. The molecule has 4 rings (SSSR count). The summed E-state index contributed by atoms with van der Waals surface area (Å²) in [7, 11) is -4.42. The Bertz CT molecular complexity index is 1310. The molecule has 0 spiro atoms. The third-order valence-electron chi connectivity index (χ3n) is 5.56. The molecule has 1 aliphatic rings. The topological polar surface area (TPSA) is 57.7 Å². The summed E-state index contributed by atoms with van der Waals surface area (Å²) < 4.78 is 67.9. The molecule has 0 saturated carbocycles. The van der Waals surface area contributed by atoms with Crippen LogP contribution in [0.15, 0.2) is 77.7 Å². The van der Waals surface area contributed by atoms with Crippen LogP contribution in [-0.4, -0.2) is 27.4 Å². The summed E-state index contributed by atoms with van der Waals surface area (Å²) in [5.74, 6) is -0.569. The Balaban J connectivity index is 1.80. The molecule has 0 unspecified atom stereocenters. The van der Waals surface area contributed by atoms with Gasteiger partial charge in [-0.2, -0.15) is 13.2 Å². The average molecular weight is 509 g/mol. The van der Waals surface area contributed by atoms with Crippen LogP contribution in [0, 0.1) is 0 Å². The molecule has 0 atom stereocenters. The van der Waals surface area contributed by atoms with Crippen molar-refractivity contribution >= 4 is 38.9 Å². The van der Waals surface area contributed by atoms with Crippen LogP contribution in [0.4, 0.5) is 24.5 Å². The van der Waals surface area contributed by atoms with E-state index in [0.717, 1.165) is 24.1 Å². The van der Waals surface area contributed by atoms with Crippen molar-refractivity contribution in [3.8, 4) is 0 Å². The number of benzene rings is 3. The molecule has 1 aliphatic heterocycles. The van der Waals surface area contributed by atoms with Gasteiger partial charge in [-0.1, -0.05) is 48.0 Å². The van der Waals surface area contributed by atoms with E-state index in [9.17, 15) is 26.4 Å². The number of hydrogen-bond acceptors (Lipinski definition) is 3. The van der Waals surface area contributed by atoms with Gasteiger partial charge in [0.25, 0.3) is 10.0 Å². The summed E-state index contributed by atoms with van der Waals surface area (Å²) in [4.78, 5) is 14.7. The number of aryl methyl sites for hydroxylation is 1. The predicted molar refractivity (Wildman–Crippen MR) is 125 cm³/mol. The number of para-hydroxylation sites is 1. The Morgan fingerprint density at radius 2 is 1.68 bits per heavy atom. The van der Waals surface area contributed by atoms with Gasteiger partial charge >= 0.3 is 6.18 Å². The number of nitrogens with zero attached hydrogens (tertiary/aromatic N) is 2. The maximum atomic E-state index is 13.5. The van der Waals surface area contributed by atoms with Gasteiger partial charge in [-0.05, 0) is 54.8 Å². The van der Waals surface area contributed by atoms with Gasteiger partial charge in [-0.25, -0.2) is 8.42 Å². The van der Waals surface area contributed by atoms with E-state index in [4.69, 9.17) is 11.6 Å². The fourth-order valence-corrected chi connectivity index (χ4v) is 5.62. The SMILES string of the molecule is O=C(CN(c1cc(C(F)(F)F)ccc1Cl)S(=O)(=O)c1ccccc1)N1CCCc2ccccc21. The summed E-state index contributed by atoms with van der Waals surface area (Å²) in [6, 6.07) is 16.9. The van der Waals surface area contributed by atoms with Gasteiger partial charge in [0.2, 0.25) is 5.91 Å². The summed E-state index contributed by atoms with van der Waals surface area (Å²) in [6.07, 6.45) is -3.28. The van der Waals surface area contributed by atoms with Crippen molar-refractivity contribution in [2.45, 2.75) is 23.9 Å². The Morgan fingerprint density at radius 3 is 2.38 bits per heavy atom. The van der Waals surface area contributed by atoms with Gasteiger partial charge in [-0.3, -0.25) is 9.10 Å². The minimum atomic E-state index is -4.72. The first kappa shape index (κ1) is 24.1. The highest BCUT2D eigenvalue weighted by atomic mass is 35.5. The second-order valence-corrected chi connectivity index (χ2v) is 10.0. The second-order valence-electron chi connectivity index (χ2n) is 7.77. The highest BCUT2D eigenvalue weighted by Crippen LogP contribution is 2.37. The van der Waals surface area contributed by atoms with E-state index < -0.39 is 39.9 Å². The number of carbonyl (C=O) groups excluding carboxylic acids is 1. The number of sulfonamides is 1. The fraction of sp³-hybridized carbons (Fsp3) is 0.208. The third kappa shape index (κ3) is 4.76. The molecule has 3 aromatic rings. The van der Waals surface area contributed by atoms with Gasteiger partial charge in [-0.15, -0.1) is 0 Å². The molecule has 0 N–H and O–H groups in total. The van der Waals surface area contributed by atoms with Crippen LogP contribution in [0.1, 0.15) is 17.5 Å². The fourth-order valence-electron chi connectivity index (χ4n) is 3.90. The first-order chi connectivity index (χ1) is 16.1. The van der Waals surface area contributed by atoms with Crippen molar-refractivity contribution in [2.24, 2.45) is 0 Å². The van der Waals surface area contributed by atoms with E-state index in [2.05, 4.69) is 0 Å². The first-order valence-corrected chi connectivity index (χ1v) is 12.2. The minimum Gasteiger partial charge on any atom is -0.311 e. The van der Waals surface area contributed by atoms with Crippen LogP contribution in [0.5, 0.6) is 0 Å². The van der Waals surface area contributed by atoms with Crippen LogP contribution >= 0.6 is 11.6 Å². The van der Waals surface area contributed by atoms with Gasteiger partial charge in [0.05, 0.1) is 21.2 Å². The van der Waals surface area contributed by atoms with Gasteiger partial charge in [0, 0.05) is 12.2 Å². The van der Waals surface area contributed by atoms with Crippen LogP contribution in [-0.2, 0) is 27.4 Å². The third-order valence-corrected chi connectivity index (χ3v) is 7.66. The molecular weight excluding hydrogens is 489 g/mol. The highest BCUT2D eigenvalue weighted by molar-refractivity contribution is 7.92. The zero-order chi connectivity index (χ0) is 24.5. The molecule has 178 valence electrons. The Hall–Kier alpha value is -3.04. The molecule has 0 bridgehead atoms. The second kappa shape index (κ2) is 9.31. The molecule has 0 fully saturated rings. The van der Waals surface area contributed by atoms with E-state index in [-0.39, 0.29) is 9.92 Å². The van der Waals surface area contributed by atoms with Crippen molar-refractivity contribution in [1.82, 2.24) is 0 Å². The molecule has 3 aromatic carbocycles.